The number of ether oxygens (including phenoxy) is 1. The van der Waals surface area contributed by atoms with E-state index in [1.807, 2.05) is 0 Å². The summed E-state index contributed by atoms with van der Waals surface area (Å²) in [6.07, 6.45) is 1.50. The van der Waals surface area contributed by atoms with Crippen LogP contribution in [-0.4, -0.2) is 39.7 Å². The molecule has 3 rings (SSSR count). The highest BCUT2D eigenvalue weighted by atomic mass is 32.2. The van der Waals surface area contributed by atoms with Gasteiger partial charge in [-0.2, -0.15) is 0 Å². The highest BCUT2D eigenvalue weighted by molar-refractivity contribution is 7.92. The minimum Gasteiger partial charge on any atom is -0.465 e. The largest absolute Gasteiger partial charge is 0.465 e. The smallest absolute Gasteiger partial charge is 0.337 e. The predicted molar refractivity (Wildman–Crippen MR) is 103 cm³/mol. The molecule has 142 valence electrons. The van der Waals surface area contributed by atoms with Crippen LogP contribution in [0.2, 0.25) is 0 Å². The van der Waals surface area contributed by atoms with Gasteiger partial charge in [0.2, 0.25) is 10.0 Å². The van der Waals surface area contributed by atoms with Crippen LogP contribution in [0.3, 0.4) is 0 Å². The van der Waals surface area contributed by atoms with Crippen molar-refractivity contribution in [3.8, 4) is 0 Å². The van der Waals surface area contributed by atoms with Gasteiger partial charge >= 0.3 is 5.97 Å². The number of carbonyl (C=O) groups excluding carboxylic acids is 2. The van der Waals surface area contributed by atoms with Crippen LogP contribution in [0.15, 0.2) is 48.5 Å². The summed E-state index contributed by atoms with van der Waals surface area (Å²) >= 11 is 0. The minimum atomic E-state index is -3.28. The molecule has 1 saturated heterocycles. The average molecular weight is 388 g/mol. The zero-order chi connectivity index (χ0) is 19.4. The highest BCUT2D eigenvalue weighted by Gasteiger charge is 2.26. The maximum absolute atomic E-state index is 12.4. The molecule has 0 unspecified atom stereocenters. The number of nitrogens with one attached hydrogen (secondary N) is 1. The summed E-state index contributed by atoms with van der Waals surface area (Å²) in [5, 5.41) is 2.73. The Balaban J connectivity index is 1.70. The second kappa shape index (κ2) is 7.79. The molecule has 1 heterocycles. The van der Waals surface area contributed by atoms with Gasteiger partial charge < -0.3 is 10.1 Å². The molecule has 1 amide bonds. The van der Waals surface area contributed by atoms with Crippen molar-refractivity contribution in [2.24, 2.45) is 0 Å². The van der Waals surface area contributed by atoms with Crippen molar-refractivity contribution < 1.29 is 22.7 Å². The molecule has 0 atom stereocenters. The second-order valence-electron chi connectivity index (χ2n) is 6.17. The summed E-state index contributed by atoms with van der Waals surface area (Å²) in [7, 11) is -1.97. The molecule has 0 bridgehead atoms. The van der Waals surface area contributed by atoms with Crippen molar-refractivity contribution in [1.82, 2.24) is 0 Å². The third kappa shape index (κ3) is 4.28. The average Bonchev–Trinajstić information content (AvgIpc) is 2.68. The standard InChI is InChI=1S/C19H20N2O5S/c1-26-19(23)15-4-8-16(9-5-15)20-18(22)14-6-10-17(11-7-14)21-12-2-3-13-27(21,24)25/h4-11H,2-3,12-13H2,1H3,(H,20,22). The lowest BCUT2D eigenvalue weighted by Crippen LogP contribution is -2.37. The summed E-state index contributed by atoms with van der Waals surface area (Å²) < 4.78 is 30.3. The predicted octanol–water partition coefficient (Wildman–Crippen LogP) is 2.66. The molecule has 1 aliphatic heterocycles. The van der Waals surface area contributed by atoms with E-state index >= 15 is 0 Å². The van der Waals surface area contributed by atoms with Crippen molar-refractivity contribution in [3.63, 3.8) is 0 Å². The van der Waals surface area contributed by atoms with Crippen LogP contribution >= 0.6 is 0 Å². The molecule has 27 heavy (non-hydrogen) atoms. The van der Waals surface area contributed by atoms with E-state index in [4.69, 9.17) is 0 Å². The Labute approximate surface area is 158 Å². The van der Waals surface area contributed by atoms with E-state index in [-0.39, 0.29) is 11.7 Å². The molecule has 1 aliphatic rings. The first-order valence-corrected chi connectivity index (χ1v) is 10.1. The number of carbonyl (C=O) groups is 2. The normalized spacial score (nSPS) is 15.8. The Morgan fingerprint density at radius 1 is 0.963 bits per heavy atom. The van der Waals surface area contributed by atoms with Gasteiger partial charge in [0.25, 0.3) is 5.91 Å². The fourth-order valence-corrected chi connectivity index (χ4v) is 4.51. The van der Waals surface area contributed by atoms with Gasteiger partial charge in [-0.3, -0.25) is 9.10 Å². The summed E-state index contributed by atoms with van der Waals surface area (Å²) in [6, 6.07) is 12.8. The number of esters is 1. The van der Waals surface area contributed by atoms with Crippen LogP contribution in [0, 0.1) is 0 Å². The third-order valence-corrected chi connectivity index (χ3v) is 6.20. The summed E-state index contributed by atoms with van der Waals surface area (Å²) in [4.78, 5) is 23.8. The monoisotopic (exact) mass is 388 g/mol. The number of nitrogens with zero attached hydrogens (tertiary/aromatic N) is 1. The number of amides is 1. The Kier molecular flexibility index (Phi) is 5.46. The molecule has 1 N–H and O–H groups in total. The van der Waals surface area contributed by atoms with Crippen molar-refractivity contribution in [2.45, 2.75) is 12.8 Å². The molecule has 0 saturated carbocycles. The number of benzene rings is 2. The quantitative estimate of drug-likeness (QED) is 0.813. The summed E-state index contributed by atoms with van der Waals surface area (Å²) in [5.74, 6) is -0.624. The maximum Gasteiger partial charge on any atom is 0.337 e. The summed E-state index contributed by atoms with van der Waals surface area (Å²) in [5.41, 5.74) is 1.90. The molecule has 0 spiro atoms. The summed E-state index contributed by atoms with van der Waals surface area (Å²) in [6.45, 7) is 0.459. The lowest BCUT2D eigenvalue weighted by Gasteiger charge is -2.28. The maximum atomic E-state index is 12.4. The van der Waals surface area contributed by atoms with Crippen LogP contribution in [0.4, 0.5) is 11.4 Å². The first-order chi connectivity index (χ1) is 12.9. The Hall–Kier alpha value is -2.87. The Bertz CT molecular complexity index is 937. The highest BCUT2D eigenvalue weighted by Crippen LogP contribution is 2.24. The van der Waals surface area contributed by atoms with Gasteiger partial charge in [0.15, 0.2) is 0 Å². The molecule has 0 aliphatic carbocycles. The first kappa shape index (κ1) is 18.9. The molecule has 7 nitrogen and oxygen atoms in total. The Morgan fingerprint density at radius 3 is 2.19 bits per heavy atom. The number of anilines is 2. The van der Waals surface area contributed by atoms with E-state index in [0.717, 1.165) is 6.42 Å². The van der Waals surface area contributed by atoms with Gasteiger partial charge in [0.1, 0.15) is 0 Å². The van der Waals surface area contributed by atoms with Gasteiger partial charge in [0.05, 0.1) is 24.1 Å². The molecule has 8 heteroatoms. The number of rotatable bonds is 4. The minimum absolute atomic E-state index is 0.150. The zero-order valence-electron chi connectivity index (χ0n) is 14.8. The molecular formula is C19H20N2O5S. The molecular weight excluding hydrogens is 368 g/mol. The van der Waals surface area contributed by atoms with Gasteiger partial charge in [0, 0.05) is 17.8 Å². The molecule has 2 aromatic rings. The second-order valence-corrected chi connectivity index (χ2v) is 8.18. The van der Waals surface area contributed by atoms with Crippen LogP contribution in [0.25, 0.3) is 0 Å². The van der Waals surface area contributed by atoms with Gasteiger partial charge in [-0.05, 0) is 61.4 Å². The van der Waals surface area contributed by atoms with Crippen molar-refractivity contribution in [2.75, 3.05) is 29.0 Å². The Morgan fingerprint density at radius 2 is 1.59 bits per heavy atom. The SMILES string of the molecule is COC(=O)c1ccc(NC(=O)c2ccc(N3CCCCS3(=O)=O)cc2)cc1. The van der Waals surface area contributed by atoms with Crippen molar-refractivity contribution >= 4 is 33.3 Å². The topological polar surface area (TPSA) is 92.8 Å². The zero-order valence-corrected chi connectivity index (χ0v) is 15.7. The van der Waals surface area contributed by atoms with E-state index in [0.29, 0.717) is 35.5 Å². The lowest BCUT2D eigenvalue weighted by atomic mass is 10.1. The molecule has 1 fully saturated rings. The van der Waals surface area contributed by atoms with E-state index < -0.39 is 16.0 Å². The molecule has 0 radical (unpaired) electrons. The van der Waals surface area contributed by atoms with Gasteiger partial charge in [-0.25, -0.2) is 13.2 Å². The van der Waals surface area contributed by atoms with Gasteiger partial charge in [-0.15, -0.1) is 0 Å². The fourth-order valence-electron chi connectivity index (χ4n) is 2.87. The molecule has 2 aromatic carbocycles. The number of sulfonamides is 1. The van der Waals surface area contributed by atoms with E-state index in [1.165, 1.54) is 11.4 Å². The van der Waals surface area contributed by atoms with Crippen LogP contribution in [0.1, 0.15) is 33.6 Å². The molecule has 0 aromatic heterocycles. The lowest BCUT2D eigenvalue weighted by molar-refractivity contribution is 0.0600. The van der Waals surface area contributed by atoms with E-state index in [1.54, 1.807) is 48.5 Å². The van der Waals surface area contributed by atoms with E-state index in [9.17, 15) is 18.0 Å². The van der Waals surface area contributed by atoms with Crippen LogP contribution < -0.4 is 9.62 Å². The fraction of sp³-hybridized carbons (Fsp3) is 0.263. The third-order valence-electron chi connectivity index (χ3n) is 4.33. The number of hydrogen-bond acceptors (Lipinski definition) is 5. The van der Waals surface area contributed by atoms with Crippen LogP contribution in [0.5, 0.6) is 0 Å². The van der Waals surface area contributed by atoms with Crippen molar-refractivity contribution in [3.05, 3.63) is 59.7 Å². The van der Waals surface area contributed by atoms with Crippen LogP contribution in [-0.2, 0) is 14.8 Å². The number of hydrogen-bond donors (Lipinski definition) is 1. The van der Waals surface area contributed by atoms with E-state index in [2.05, 4.69) is 10.1 Å². The number of methoxy groups -OCH3 is 1. The first-order valence-electron chi connectivity index (χ1n) is 8.51. The van der Waals surface area contributed by atoms with Gasteiger partial charge in [-0.1, -0.05) is 0 Å². The van der Waals surface area contributed by atoms with Crippen molar-refractivity contribution in [1.29, 1.82) is 0 Å².